The highest BCUT2D eigenvalue weighted by Gasteiger charge is 1.97. The standard InChI is InChI=1S/C11H16ClNO2/c1-9(2)14-5-6-15-11-4-3-10(7-12)13-8-11/h3-4,8-9H,5-7H2,1-2H3. The van der Waals surface area contributed by atoms with Gasteiger partial charge in [-0.1, -0.05) is 0 Å². The number of rotatable bonds is 6. The van der Waals surface area contributed by atoms with Gasteiger partial charge in [-0.15, -0.1) is 11.6 Å². The molecular formula is C11H16ClNO2. The maximum atomic E-state index is 5.62. The number of hydrogen-bond acceptors (Lipinski definition) is 3. The lowest BCUT2D eigenvalue weighted by molar-refractivity contribution is 0.0552. The van der Waals surface area contributed by atoms with Crippen LogP contribution in [0.25, 0.3) is 0 Å². The van der Waals surface area contributed by atoms with E-state index in [2.05, 4.69) is 4.98 Å². The van der Waals surface area contributed by atoms with E-state index in [1.54, 1.807) is 6.20 Å². The number of hydrogen-bond donors (Lipinski definition) is 0. The fourth-order valence-electron chi connectivity index (χ4n) is 1.02. The Morgan fingerprint density at radius 2 is 2.13 bits per heavy atom. The summed E-state index contributed by atoms with van der Waals surface area (Å²) in [6, 6.07) is 3.71. The lowest BCUT2D eigenvalue weighted by atomic mass is 10.4. The second-order valence-electron chi connectivity index (χ2n) is 3.39. The Morgan fingerprint density at radius 3 is 2.67 bits per heavy atom. The molecule has 4 heteroatoms. The molecule has 0 saturated heterocycles. The minimum Gasteiger partial charge on any atom is -0.490 e. The highest BCUT2D eigenvalue weighted by atomic mass is 35.5. The molecule has 0 spiro atoms. The molecular weight excluding hydrogens is 214 g/mol. The molecule has 0 radical (unpaired) electrons. The first-order valence-electron chi connectivity index (χ1n) is 4.97. The monoisotopic (exact) mass is 229 g/mol. The van der Waals surface area contributed by atoms with Gasteiger partial charge in [-0.05, 0) is 26.0 Å². The van der Waals surface area contributed by atoms with Crippen LogP contribution in [0.2, 0.25) is 0 Å². The van der Waals surface area contributed by atoms with E-state index >= 15 is 0 Å². The van der Waals surface area contributed by atoms with Gasteiger partial charge < -0.3 is 9.47 Å². The maximum Gasteiger partial charge on any atom is 0.137 e. The van der Waals surface area contributed by atoms with Gasteiger partial charge in [0, 0.05) is 0 Å². The Bertz CT molecular complexity index is 274. The molecule has 0 bridgehead atoms. The van der Waals surface area contributed by atoms with Crippen molar-refractivity contribution >= 4 is 11.6 Å². The van der Waals surface area contributed by atoms with Gasteiger partial charge in [0.25, 0.3) is 0 Å². The van der Waals surface area contributed by atoms with Crippen LogP contribution in [0.15, 0.2) is 18.3 Å². The van der Waals surface area contributed by atoms with Crippen LogP contribution < -0.4 is 4.74 Å². The molecule has 15 heavy (non-hydrogen) atoms. The molecule has 0 amide bonds. The van der Waals surface area contributed by atoms with Crippen molar-refractivity contribution < 1.29 is 9.47 Å². The summed E-state index contributed by atoms with van der Waals surface area (Å²) in [6.07, 6.45) is 1.91. The van der Waals surface area contributed by atoms with Crippen molar-refractivity contribution in [2.45, 2.75) is 25.8 Å². The van der Waals surface area contributed by atoms with Crippen LogP contribution in [0.1, 0.15) is 19.5 Å². The van der Waals surface area contributed by atoms with E-state index in [0.717, 1.165) is 11.4 Å². The van der Waals surface area contributed by atoms with Gasteiger partial charge in [0.2, 0.25) is 0 Å². The van der Waals surface area contributed by atoms with E-state index in [1.165, 1.54) is 0 Å². The molecule has 0 aromatic carbocycles. The second-order valence-corrected chi connectivity index (χ2v) is 3.65. The molecule has 0 saturated carbocycles. The van der Waals surface area contributed by atoms with E-state index in [9.17, 15) is 0 Å². The van der Waals surface area contributed by atoms with Gasteiger partial charge in [-0.2, -0.15) is 0 Å². The molecule has 1 aromatic rings. The second kappa shape index (κ2) is 6.64. The number of ether oxygens (including phenoxy) is 2. The molecule has 0 fully saturated rings. The maximum absolute atomic E-state index is 5.62. The van der Waals surface area contributed by atoms with Crippen molar-refractivity contribution in [1.29, 1.82) is 0 Å². The topological polar surface area (TPSA) is 31.4 Å². The normalized spacial score (nSPS) is 10.7. The van der Waals surface area contributed by atoms with Crippen LogP contribution in [0.5, 0.6) is 5.75 Å². The third kappa shape index (κ3) is 5.00. The summed E-state index contributed by atoms with van der Waals surface area (Å²) in [5.41, 5.74) is 0.849. The van der Waals surface area contributed by atoms with Crippen molar-refractivity contribution in [3.63, 3.8) is 0 Å². The molecule has 0 atom stereocenters. The summed E-state index contributed by atoms with van der Waals surface area (Å²) in [5, 5.41) is 0. The lowest BCUT2D eigenvalue weighted by Crippen LogP contribution is -2.11. The van der Waals surface area contributed by atoms with Crippen molar-refractivity contribution in [2.75, 3.05) is 13.2 Å². The quantitative estimate of drug-likeness (QED) is 0.555. The van der Waals surface area contributed by atoms with Crippen LogP contribution in [0, 0.1) is 0 Å². The van der Waals surface area contributed by atoms with E-state index in [1.807, 2.05) is 26.0 Å². The largest absolute Gasteiger partial charge is 0.490 e. The number of halogens is 1. The average Bonchev–Trinajstić information content (AvgIpc) is 2.25. The summed E-state index contributed by atoms with van der Waals surface area (Å²) >= 11 is 5.62. The molecule has 1 aromatic heterocycles. The van der Waals surface area contributed by atoms with E-state index in [0.29, 0.717) is 19.1 Å². The SMILES string of the molecule is CC(C)OCCOc1ccc(CCl)nc1. The highest BCUT2D eigenvalue weighted by molar-refractivity contribution is 6.16. The molecule has 1 rings (SSSR count). The average molecular weight is 230 g/mol. The van der Waals surface area contributed by atoms with E-state index in [-0.39, 0.29) is 6.10 Å². The molecule has 3 nitrogen and oxygen atoms in total. The van der Waals surface area contributed by atoms with Gasteiger partial charge in [0.15, 0.2) is 0 Å². The third-order valence-electron chi connectivity index (χ3n) is 1.74. The fourth-order valence-corrected chi connectivity index (χ4v) is 1.18. The van der Waals surface area contributed by atoms with E-state index in [4.69, 9.17) is 21.1 Å². The Labute approximate surface area is 95.4 Å². The number of aromatic nitrogens is 1. The van der Waals surface area contributed by atoms with Gasteiger partial charge in [-0.3, -0.25) is 4.98 Å². The van der Waals surface area contributed by atoms with Crippen molar-refractivity contribution in [1.82, 2.24) is 4.98 Å². The fraction of sp³-hybridized carbons (Fsp3) is 0.545. The van der Waals surface area contributed by atoms with Crippen LogP contribution in [-0.2, 0) is 10.6 Å². The summed E-state index contributed by atoms with van der Waals surface area (Å²) < 4.78 is 10.8. The molecule has 84 valence electrons. The van der Waals surface area contributed by atoms with Crippen LogP contribution >= 0.6 is 11.6 Å². The zero-order chi connectivity index (χ0) is 11.1. The van der Waals surface area contributed by atoms with Gasteiger partial charge in [-0.25, -0.2) is 0 Å². The van der Waals surface area contributed by atoms with Crippen LogP contribution in [0.4, 0.5) is 0 Å². The molecule has 0 aliphatic carbocycles. The summed E-state index contributed by atoms with van der Waals surface area (Å²) in [7, 11) is 0. The van der Waals surface area contributed by atoms with Crippen molar-refractivity contribution in [3.8, 4) is 5.75 Å². The summed E-state index contributed by atoms with van der Waals surface area (Å²) in [5.74, 6) is 1.17. The van der Waals surface area contributed by atoms with Gasteiger partial charge in [0.1, 0.15) is 12.4 Å². The summed E-state index contributed by atoms with van der Waals surface area (Å²) in [4.78, 5) is 4.11. The smallest absolute Gasteiger partial charge is 0.137 e. The van der Waals surface area contributed by atoms with Crippen molar-refractivity contribution in [2.24, 2.45) is 0 Å². The minimum absolute atomic E-state index is 0.241. The first-order chi connectivity index (χ1) is 7.22. The first-order valence-corrected chi connectivity index (χ1v) is 5.51. The van der Waals surface area contributed by atoms with Gasteiger partial charge >= 0.3 is 0 Å². The molecule has 0 unspecified atom stereocenters. The third-order valence-corrected chi connectivity index (χ3v) is 2.01. The molecule has 0 N–H and O–H groups in total. The van der Waals surface area contributed by atoms with Gasteiger partial charge in [0.05, 0.1) is 30.5 Å². The predicted molar refractivity (Wildman–Crippen MR) is 60.4 cm³/mol. The predicted octanol–water partition coefficient (Wildman–Crippen LogP) is 2.62. The molecule has 1 heterocycles. The Balaban J connectivity index is 2.25. The minimum atomic E-state index is 0.241. The number of pyridine rings is 1. The first kappa shape index (κ1) is 12.3. The van der Waals surface area contributed by atoms with Crippen LogP contribution in [-0.4, -0.2) is 24.3 Å². The summed E-state index contributed by atoms with van der Waals surface area (Å²) in [6.45, 7) is 5.13. The molecule has 0 aliphatic heterocycles. The molecule has 0 aliphatic rings. The highest BCUT2D eigenvalue weighted by Crippen LogP contribution is 2.10. The van der Waals surface area contributed by atoms with Crippen LogP contribution in [0.3, 0.4) is 0 Å². The Morgan fingerprint density at radius 1 is 1.33 bits per heavy atom. The number of alkyl halides is 1. The Hall–Kier alpha value is -0.800. The van der Waals surface area contributed by atoms with Crippen molar-refractivity contribution in [3.05, 3.63) is 24.0 Å². The Kier molecular flexibility index (Phi) is 5.43. The zero-order valence-electron chi connectivity index (χ0n) is 9.07. The van der Waals surface area contributed by atoms with E-state index < -0.39 is 0 Å². The number of nitrogens with zero attached hydrogens (tertiary/aromatic N) is 1. The zero-order valence-corrected chi connectivity index (χ0v) is 9.83. The lowest BCUT2D eigenvalue weighted by Gasteiger charge is -2.08.